The number of carbonyl (C=O) groups excluding carboxylic acids is 3. The lowest BCUT2D eigenvalue weighted by molar-refractivity contribution is -0.313. The maximum atomic E-state index is 11.6. The highest BCUT2D eigenvalue weighted by Crippen LogP contribution is 2.50. The third-order valence-corrected chi connectivity index (χ3v) is 4.30. The summed E-state index contributed by atoms with van der Waals surface area (Å²) in [7, 11) is 0. The Balaban J connectivity index is 1.77. The molecule has 5 nitrogen and oxygen atoms in total. The number of hydrogen-bond donors (Lipinski definition) is 0. The molecule has 3 aliphatic rings. The minimum absolute atomic E-state index is 0.0659. The van der Waals surface area contributed by atoms with E-state index in [1.807, 2.05) is 0 Å². The van der Waals surface area contributed by atoms with E-state index in [1.54, 1.807) is 0 Å². The van der Waals surface area contributed by atoms with Crippen molar-refractivity contribution in [2.24, 2.45) is 17.8 Å². The lowest BCUT2D eigenvalue weighted by Crippen LogP contribution is -2.46. The van der Waals surface area contributed by atoms with E-state index in [0.717, 1.165) is 6.42 Å². The molecule has 2 amide bonds. The van der Waals surface area contributed by atoms with E-state index in [4.69, 9.17) is 0 Å². The standard InChI is InChI=1S/C12H13NO4/c14-10-1-2-11(15)13(10)9-5-6-3-7(9)4-8(6)12(16)17/h1-2,6-9H,3-5H2,(H,16,17)/p-1. The molecule has 2 bridgehead atoms. The Bertz CT molecular complexity index is 424. The number of hydrogen-bond acceptors (Lipinski definition) is 4. The van der Waals surface area contributed by atoms with Gasteiger partial charge in [-0.3, -0.25) is 14.5 Å². The van der Waals surface area contributed by atoms with Gasteiger partial charge in [0, 0.05) is 30.1 Å². The molecule has 0 aromatic carbocycles. The Morgan fingerprint density at radius 1 is 1.12 bits per heavy atom. The molecule has 0 saturated heterocycles. The summed E-state index contributed by atoms with van der Waals surface area (Å²) in [4.78, 5) is 35.3. The number of imide groups is 1. The number of nitrogens with zero attached hydrogens (tertiary/aromatic N) is 1. The van der Waals surface area contributed by atoms with Crippen LogP contribution in [0, 0.1) is 17.8 Å². The Morgan fingerprint density at radius 2 is 1.76 bits per heavy atom. The van der Waals surface area contributed by atoms with Gasteiger partial charge in [-0.25, -0.2) is 0 Å². The van der Waals surface area contributed by atoms with Crippen molar-refractivity contribution in [1.82, 2.24) is 4.90 Å². The fourth-order valence-electron chi connectivity index (χ4n) is 3.59. The average molecular weight is 234 g/mol. The van der Waals surface area contributed by atoms with Gasteiger partial charge in [0.2, 0.25) is 0 Å². The van der Waals surface area contributed by atoms with E-state index in [-0.39, 0.29) is 29.7 Å². The second-order valence-electron chi connectivity index (χ2n) is 5.10. The van der Waals surface area contributed by atoms with Crippen molar-refractivity contribution in [2.75, 3.05) is 0 Å². The van der Waals surface area contributed by atoms with Crippen LogP contribution in [0.15, 0.2) is 12.2 Å². The number of carboxylic acid groups (broad SMARTS) is 1. The second-order valence-corrected chi connectivity index (χ2v) is 5.10. The van der Waals surface area contributed by atoms with Crippen LogP contribution in [0.1, 0.15) is 19.3 Å². The van der Waals surface area contributed by atoms with Crippen LogP contribution in [0.3, 0.4) is 0 Å². The minimum atomic E-state index is -0.992. The average Bonchev–Trinajstić information content (AvgIpc) is 2.92. The highest BCUT2D eigenvalue weighted by atomic mass is 16.4. The van der Waals surface area contributed by atoms with E-state index >= 15 is 0 Å². The van der Waals surface area contributed by atoms with Crippen LogP contribution in [0.4, 0.5) is 0 Å². The van der Waals surface area contributed by atoms with Crippen molar-refractivity contribution in [1.29, 1.82) is 0 Å². The lowest BCUT2D eigenvalue weighted by Gasteiger charge is -2.33. The van der Waals surface area contributed by atoms with Crippen LogP contribution in [-0.4, -0.2) is 28.7 Å². The summed E-state index contributed by atoms with van der Waals surface area (Å²) in [6, 6.07) is -0.106. The number of carbonyl (C=O) groups is 3. The summed E-state index contributed by atoms with van der Waals surface area (Å²) in [5.74, 6) is -1.72. The van der Waals surface area contributed by atoms with Crippen molar-refractivity contribution < 1.29 is 19.5 Å². The maximum Gasteiger partial charge on any atom is 0.253 e. The summed E-state index contributed by atoms with van der Waals surface area (Å²) in [5, 5.41) is 10.9. The third kappa shape index (κ3) is 1.41. The van der Waals surface area contributed by atoms with E-state index in [1.165, 1.54) is 17.1 Å². The molecule has 2 saturated carbocycles. The first-order valence-corrected chi connectivity index (χ1v) is 5.84. The summed E-state index contributed by atoms with van der Waals surface area (Å²) < 4.78 is 0. The number of carboxylic acids is 1. The highest BCUT2D eigenvalue weighted by molar-refractivity contribution is 6.13. The van der Waals surface area contributed by atoms with Crippen LogP contribution in [0.2, 0.25) is 0 Å². The molecule has 0 aromatic heterocycles. The molecule has 17 heavy (non-hydrogen) atoms. The Kier molecular flexibility index (Phi) is 2.11. The fraction of sp³-hybridized carbons (Fsp3) is 0.583. The monoisotopic (exact) mass is 234 g/mol. The van der Waals surface area contributed by atoms with Crippen molar-refractivity contribution in [3.8, 4) is 0 Å². The van der Waals surface area contributed by atoms with Crippen molar-refractivity contribution >= 4 is 17.8 Å². The van der Waals surface area contributed by atoms with Gasteiger partial charge in [-0.05, 0) is 31.1 Å². The molecule has 2 fully saturated rings. The van der Waals surface area contributed by atoms with Gasteiger partial charge in [0.1, 0.15) is 0 Å². The van der Waals surface area contributed by atoms with Gasteiger partial charge in [0.25, 0.3) is 11.8 Å². The molecular formula is C12H12NO4-. The summed E-state index contributed by atoms with van der Waals surface area (Å²) >= 11 is 0. The van der Waals surface area contributed by atoms with Gasteiger partial charge in [-0.15, -0.1) is 0 Å². The van der Waals surface area contributed by atoms with Gasteiger partial charge < -0.3 is 9.90 Å². The first-order chi connectivity index (χ1) is 8.08. The summed E-state index contributed by atoms with van der Waals surface area (Å²) in [6.45, 7) is 0. The SMILES string of the molecule is O=C([O-])C1CC2CC1CC2N1C(=O)C=CC1=O. The molecular weight excluding hydrogens is 222 g/mol. The largest absolute Gasteiger partial charge is 0.550 e. The van der Waals surface area contributed by atoms with Gasteiger partial charge in [-0.2, -0.15) is 0 Å². The quantitative estimate of drug-likeness (QED) is 0.579. The molecule has 1 aliphatic heterocycles. The predicted octanol–water partition coefficient (Wildman–Crippen LogP) is -0.924. The van der Waals surface area contributed by atoms with Crippen LogP contribution in [0.25, 0.3) is 0 Å². The number of fused-ring (bicyclic) bond motifs is 2. The van der Waals surface area contributed by atoms with Crippen LogP contribution < -0.4 is 5.11 Å². The van der Waals surface area contributed by atoms with Gasteiger partial charge in [0.05, 0.1) is 0 Å². The summed E-state index contributed by atoms with van der Waals surface area (Å²) in [6.07, 6.45) is 4.51. The molecule has 0 spiro atoms. The van der Waals surface area contributed by atoms with Crippen LogP contribution >= 0.6 is 0 Å². The maximum absolute atomic E-state index is 11.6. The summed E-state index contributed by atoms with van der Waals surface area (Å²) in [5.41, 5.74) is 0. The zero-order valence-electron chi connectivity index (χ0n) is 9.17. The molecule has 0 aromatic rings. The van der Waals surface area contributed by atoms with Crippen molar-refractivity contribution in [3.05, 3.63) is 12.2 Å². The smallest absolute Gasteiger partial charge is 0.253 e. The van der Waals surface area contributed by atoms with Crippen LogP contribution in [0.5, 0.6) is 0 Å². The fourth-order valence-corrected chi connectivity index (χ4v) is 3.59. The van der Waals surface area contributed by atoms with Crippen molar-refractivity contribution in [3.63, 3.8) is 0 Å². The predicted molar refractivity (Wildman–Crippen MR) is 54.1 cm³/mol. The highest BCUT2D eigenvalue weighted by Gasteiger charge is 2.50. The van der Waals surface area contributed by atoms with Gasteiger partial charge >= 0.3 is 0 Å². The minimum Gasteiger partial charge on any atom is -0.550 e. The van der Waals surface area contributed by atoms with E-state index in [0.29, 0.717) is 12.8 Å². The molecule has 5 heteroatoms. The Labute approximate surface area is 98.1 Å². The van der Waals surface area contributed by atoms with E-state index in [2.05, 4.69) is 0 Å². The van der Waals surface area contributed by atoms with Crippen molar-refractivity contribution in [2.45, 2.75) is 25.3 Å². The molecule has 4 atom stereocenters. The normalized spacial score (nSPS) is 39.4. The zero-order chi connectivity index (χ0) is 12.2. The Morgan fingerprint density at radius 3 is 2.24 bits per heavy atom. The molecule has 3 rings (SSSR count). The topological polar surface area (TPSA) is 77.5 Å². The second kappa shape index (κ2) is 3.42. The lowest BCUT2D eigenvalue weighted by atomic mass is 9.85. The number of aliphatic carboxylic acids is 1. The third-order valence-electron chi connectivity index (χ3n) is 4.30. The molecule has 1 heterocycles. The molecule has 0 N–H and O–H groups in total. The van der Waals surface area contributed by atoms with E-state index in [9.17, 15) is 19.5 Å². The number of rotatable bonds is 2. The number of amides is 2. The molecule has 2 aliphatic carbocycles. The first kappa shape index (κ1) is 10.5. The van der Waals surface area contributed by atoms with E-state index < -0.39 is 11.9 Å². The Hall–Kier alpha value is -1.65. The molecule has 4 unspecified atom stereocenters. The molecule has 0 radical (unpaired) electrons. The first-order valence-electron chi connectivity index (χ1n) is 5.84. The zero-order valence-corrected chi connectivity index (χ0v) is 9.17. The van der Waals surface area contributed by atoms with Gasteiger partial charge in [0.15, 0.2) is 0 Å². The van der Waals surface area contributed by atoms with Gasteiger partial charge in [-0.1, -0.05) is 0 Å². The molecule has 90 valence electrons. The van der Waals surface area contributed by atoms with Crippen LogP contribution in [-0.2, 0) is 14.4 Å².